The minimum atomic E-state index is -4.82. The van der Waals surface area contributed by atoms with Crippen molar-refractivity contribution in [3.63, 3.8) is 0 Å². The van der Waals surface area contributed by atoms with Gasteiger partial charge in [0.2, 0.25) is 0 Å². The van der Waals surface area contributed by atoms with Crippen LogP contribution in [-0.2, 0) is 32.9 Å². The number of esters is 2. The van der Waals surface area contributed by atoms with Crippen molar-refractivity contribution in [1.82, 2.24) is 0 Å². The first-order valence-electron chi connectivity index (χ1n) is 20.3. The highest BCUT2D eigenvalue weighted by Gasteiger charge is 2.27. The second-order valence-corrected chi connectivity index (χ2v) is 15.2. The molecule has 0 unspecified atom stereocenters. The number of rotatable bonds is 33. The molecule has 3 N–H and O–H groups in total. The number of ether oxygens (including phenoxy) is 2. The molecule has 0 aromatic rings. The van der Waals surface area contributed by atoms with Gasteiger partial charge < -0.3 is 24.4 Å². The van der Waals surface area contributed by atoms with Crippen LogP contribution in [-0.4, -0.2) is 58.0 Å². The van der Waals surface area contributed by atoms with E-state index >= 15 is 0 Å². The minimum Gasteiger partial charge on any atom is -0.462 e. The Morgan fingerprint density at radius 3 is 2.00 bits per heavy atom. The first-order chi connectivity index (χ1) is 26.1. The molecule has 1 aliphatic rings. The normalized spacial score (nSPS) is 17.6. The number of aliphatic hydroxyl groups excluding tert-OH is 1. The van der Waals surface area contributed by atoms with E-state index in [0.29, 0.717) is 38.5 Å². The maximum absolute atomic E-state index is 12.5. The third kappa shape index (κ3) is 28.5. The number of aliphatic hydroxyl groups is 1. The Morgan fingerprint density at radius 2 is 1.33 bits per heavy atom. The number of phosphoric ester groups is 1. The Morgan fingerprint density at radius 1 is 0.759 bits per heavy atom. The lowest BCUT2D eigenvalue weighted by atomic mass is 9.90. The number of ketones is 1. The number of phosphoric acid groups is 1. The number of carbonyl (C=O) groups excluding carboxylic acids is 3. The van der Waals surface area contributed by atoms with Crippen molar-refractivity contribution in [2.45, 2.75) is 154 Å². The van der Waals surface area contributed by atoms with Crippen molar-refractivity contribution in [3.8, 4) is 0 Å². The molecule has 0 saturated heterocycles. The fraction of sp³-hybridized carbons (Fsp3) is 0.651. The van der Waals surface area contributed by atoms with E-state index in [-0.39, 0.29) is 37.1 Å². The summed E-state index contributed by atoms with van der Waals surface area (Å²) in [5.41, 5.74) is 0. The van der Waals surface area contributed by atoms with Crippen LogP contribution in [0.15, 0.2) is 72.9 Å². The zero-order chi connectivity index (χ0) is 39.7. The van der Waals surface area contributed by atoms with Crippen molar-refractivity contribution in [2.75, 3.05) is 13.2 Å². The van der Waals surface area contributed by atoms with Crippen LogP contribution in [0.5, 0.6) is 0 Å². The molecule has 0 fully saturated rings. The van der Waals surface area contributed by atoms with Gasteiger partial charge in [-0.2, -0.15) is 0 Å². The third-order valence-electron chi connectivity index (χ3n) is 8.95. The summed E-state index contributed by atoms with van der Waals surface area (Å²) in [6, 6.07) is 0. The lowest BCUT2D eigenvalue weighted by Gasteiger charge is -2.18. The molecule has 1 aliphatic carbocycles. The van der Waals surface area contributed by atoms with Gasteiger partial charge in [-0.15, -0.1) is 0 Å². The van der Waals surface area contributed by atoms with E-state index in [0.717, 1.165) is 38.5 Å². The molecule has 11 heteroatoms. The predicted octanol–water partition coefficient (Wildman–Crippen LogP) is 9.91. The van der Waals surface area contributed by atoms with E-state index in [9.17, 15) is 24.1 Å². The predicted molar refractivity (Wildman–Crippen MR) is 215 cm³/mol. The van der Waals surface area contributed by atoms with Gasteiger partial charge in [-0.05, 0) is 76.2 Å². The standard InChI is InChI=1S/C43H69O10P/c1-3-5-7-8-9-10-11-12-13-14-15-16-17-18-19-20-25-29-42(46)51-35-39(36-52-54(48,49)50)53-43(47)30-26-22-21-24-27-37-31-34-41(45)40(37)33-32-38(44)28-23-6-4-2/h12-13,15-16,18-19,21,24,31-34,37-40,44H,3-11,14,17,20,22-23,25-30,35-36H2,1-2H3,(H2,48,49,50)/b13-12-,16-15-,19-18-,24-21-,33-32+/t37-,38-,39+,40+/m0/s1. The van der Waals surface area contributed by atoms with Crippen LogP contribution in [0.3, 0.4) is 0 Å². The van der Waals surface area contributed by atoms with Gasteiger partial charge in [0, 0.05) is 18.8 Å². The average Bonchev–Trinajstić information content (AvgIpc) is 3.49. The Balaban J connectivity index is 2.31. The maximum atomic E-state index is 12.5. The van der Waals surface area contributed by atoms with Crippen LogP contribution >= 0.6 is 7.82 Å². The average molecular weight is 777 g/mol. The van der Waals surface area contributed by atoms with Crippen molar-refractivity contribution >= 4 is 25.5 Å². The highest BCUT2D eigenvalue weighted by molar-refractivity contribution is 7.46. The van der Waals surface area contributed by atoms with Crippen LogP contribution in [0.2, 0.25) is 0 Å². The number of carbonyl (C=O) groups is 3. The SMILES string of the molecule is CCCCCCCC/C=C\C/C=C\C/C=C\CCCC(=O)OC[C@H](COP(=O)(O)O)OC(=O)CCC/C=C\C[C@H]1C=CC(=O)[C@@H]1/C=C/[C@@H](O)CCCCC. The van der Waals surface area contributed by atoms with E-state index in [1.807, 2.05) is 30.4 Å². The molecule has 0 aromatic heterocycles. The van der Waals surface area contributed by atoms with E-state index in [2.05, 4.69) is 48.8 Å². The summed E-state index contributed by atoms with van der Waals surface area (Å²) in [6.07, 6.45) is 39.7. The van der Waals surface area contributed by atoms with E-state index in [1.54, 1.807) is 12.2 Å². The number of hydrogen-bond donors (Lipinski definition) is 3. The highest BCUT2D eigenvalue weighted by Crippen LogP contribution is 2.36. The van der Waals surface area contributed by atoms with Crippen LogP contribution < -0.4 is 0 Å². The summed E-state index contributed by atoms with van der Waals surface area (Å²) in [7, 11) is -4.82. The molecular weight excluding hydrogens is 707 g/mol. The molecule has 10 nitrogen and oxygen atoms in total. The Bertz CT molecular complexity index is 1240. The number of unbranched alkanes of at least 4 members (excludes halogenated alkanes) is 10. The molecule has 0 aliphatic heterocycles. The second kappa shape index (κ2) is 32.4. The minimum absolute atomic E-state index is 0.0103. The molecule has 1 rings (SSSR count). The van der Waals surface area contributed by atoms with Gasteiger partial charge >= 0.3 is 19.8 Å². The highest BCUT2D eigenvalue weighted by atomic mass is 31.2. The molecular formula is C43H69O10P. The van der Waals surface area contributed by atoms with Crippen LogP contribution in [0.4, 0.5) is 0 Å². The van der Waals surface area contributed by atoms with Crippen molar-refractivity contribution in [3.05, 3.63) is 72.9 Å². The maximum Gasteiger partial charge on any atom is 0.469 e. The Hall–Kier alpha value is -2.88. The summed E-state index contributed by atoms with van der Waals surface area (Å²) in [4.78, 5) is 55.3. The fourth-order valence-electron chi connectivity index (χ4n) is 5.79. The number of hydrogen-bond acceptors (Lipinski definition) is 8. The van der Waals surface area contributed by atoms with Gasteiger partial charge in [-0.25, -0.2) is 4.57 Å². The summed E-state index contributed by atoms with van der Waals surface area (Å²) in [5.74, 6) is -1.36. The third-order valence-corrected chi connectivity index (χ3v) is 9.43. The first kappa shape index (κ1) is 49.1. The summed E-state index contributed by atoms with van der Waals surface area (Å²) in [5, 5.41) is 10.2. The Kier molecular flexibility index (Phi) is 29.5. The summed E-state index contributed by atoms with van der Waals surface area (Å²) >= 11 is 0. The van der Waals surface area contributed by atoms with Gasteiger partial charge in [0.1, 0.15) is 6.61 Å². The second-order valence-electron chi connectivity index (χ2n) is 13.9. The molecule has 54 heavy (non-hydrogen) atoms. The van der Waals surface area contributed by atoms with Gasteiger partial charge in [0.05, 0.1) is 12.7 Å². The summed E-state index contributed by atoms with van der Waals surface area (Å²) in [6.45, 7) is 3.35. The zero-order valence-electron chi connectivity index (χ0n) is 32.9. The molecule has 0 saturated carbocycles. The van der Waals surface area contributed by atoms with Gasteiger partial charge in [-0.3, -0.25) is 18.9 Å². The monoisotopic (exact) mass is 776 g/mol. The largest absolute Gasteiger partial charge is 0.469 e. The van der Waals surface area contributed by atoms with Crippen LogP contribution in [0.1, 0.15) is 142 Å². The molecule has 0 bridgehead atoms. The fourth-order valence-corrected chi connectivity index (χ4v) is 6.15. The van der Waals surface area contributed by atoms with E-state index in [1.165, 1.54) is 38.5 Å². The van der Waals surface area contributed by atoms with E-state index in [4.69, 9.17) is 19.3 Å². The summed E-state index contributed by atoms with van der Waals surface area (Å²) < 4.78 is 26.3. The molecule has 0 aromatic carbocycles. The molecule has 0 radical (unpaired) electrons. The van der Waals surface area contributed by atoms with E-state index < -0.39 is 38.6 Å². The van der Waals surface area contributed by atoms with Crippen LogP contribution in [0, 0.1) is 11.8 Å². The Labute approximate surface area is 325 Å². The lowest BCUT2D eigenvalue weighted by molar-refractivity contribution is -0.161. The van der Waals surface area contributed by atoms with Crippen molar-refractivity contribution < 1.29 is 47.8 Å². The van der Waals surface area contributed by atoms with Crippen molar-refractivity contribution in [2.24, 2.45) is 11.8 Å². The van der Waals surface area contributed by atoms with Crippen molar-refractivity contribution in [1.29, 1.82) is 0 Å². The quantitative estimate of drug-likeness (QED) is 0.0254. The smallest absolute Gasteiger partial charge is 0.462 e. The van der Waals surface area contributed by atoms with Gasteiger partial charge in [0.15, 0.2) is 11.9 Å². The topological polar surface area (TPSA) is 157 Å². The van der Waals surface area contributed by atoms with Crippen LogP contribution in [0.25, 0.3) is 0 Å². The molecule has 0 amide bonds. The lowest BCUT2D eigenvalue weighted by Crippen LogP contribution is -2.29. The zero-order valence-corrected chi connectivity index (χ0v) is 33.8. The molecule has 4 atom stereocenters. The van der Waals surface area contributed by atoms with Gasteiger partial charge in [-0.1, -0.05) is 132 Å². The van der Waals surface area contributed by atoms with Gasteiger partial charge in [0.25, 0.3) is 0 Å². The number of allylic oxidation sites excluding steroid dienone is 11. The molecule has 0 spiro atoms. The first-order valence-corrected chi connectivity index (χ1v) is 21.8. The molecule has 0 heterocycles. The molecule has 306 valence electrons.